The van der Waals surface area contributed by atoms with E-state index in [9.17, 15) is 0 Å². The molecule has 7 heteroatoms. The molecular formula is C15H26N6O. The van der Waals surface area contributed by atoms with E-state index in [1.54, 1.807) is 0 Å². The Labute approximate surface area is 131 Å². The molecule has 0 bridgehead atoms. The van der Waals surface area contributed by atoms with Gasteiger partial charge in [-0.3, -0.25) is 4.99 Å². The summed E-state index contributed by atoms with van der Waals surface area (Å²) in [6, 6.07) is 0.344. The molecule has 122 valence electrons. The highest BCUT2D eigenvalue weighted by atomic mass is 16.5. The van der Waals surface area contributed by atoms with E-state index in [1.807, 2.05) is 11.6 Å². The second-order valence-electron chi connectivity index (χ2n) is 6.64. The van der Waals surface area contributed by atoms with Crippen molar-refractivity contribution in [1.29, 1.82) is 0 Å². The average molecular weight is 306 g/mol. The van der Waals surface area contributed by atoms with Crippen molar-refractivity contribution < 1.29 is 4.74 Å². The zero-order valence-corrected chi connectivity index (χ0v) is 13.7. The van der Waals surface area contributed by atoms with Gasteiger partial charge in [-0.05, 0) is 20.3 Å². The van der Waals surface area contributed by atoms with Gasteiger partial charge in [0.05, 0.1) is 26.3 Å². The first-order valence-electron chi connectivity index (χ1n) is 8.11. The summed E-state index contributed by atoms with van der Waals surface area (Å²) in [5.41, 5.74) is 0.200. The fourth-order valence-corrected chi connectivity index (χ4v) is 2.88. The van der Waals surface area contributed by atoms with Gasteiger partial charge in [0, 0.05) is 24.4 Å². The van der Waals surface area contributed by atoms with Gasteiger partial charge in [-0.1, -0.05) is 6.92 Å². The van der Waals surface area contributed by atoms with Gasteiger partial charge >= 0.3 is 0 Å². The summed E-state index contributed by atoms with van der Waals surface area (Å²) in [6.45, 7) is 10.4. The molecule has 0 aliphatic carbocycles. The Hall–Kier alpha value is -1.63. The molecule has 1 aromatic heterocycles. The lowest BCUT2D eigenvalue weighted by Gasteiger charge is -2.36. The van der Waals surface area contributed by atoms with E-state index in [-0.39, 0.29) is 5.41 Å². The molecule has 22 heavy (non-hydrogen) atoms. The van der Waals surface area contributed by atoms with Crippen LogP contribution in [0.15, 0.2) is 4.99 Å². The zero-order valence-electron chi connectivity index (χ0n) is 13.7. The summed E-state index contributed by atoms with van der Waals surface area (Å²) in [6.07, 6.45) is 2.02. The Kier molecular flexibility index (Phi) is 4.33. The molecule has 0 saturated carbocycles. The number of nitrogens with zero attached hydrogens (tertiary/aromatic N) is 4. The SMILES string of the molecule is CCNC(=NCC1(C)COC1)NC1CCc2nc(C)nn2C1. The van der Waals surface area contributed by atoms with Gasteiger partial charge in [0.1, 0.15) is 11.6 Å². The van der Waals surface area contributed by atoms with Crippen molar-refractivity contribution in [1.82, 2.24) is 25.4 Å². The third kappa shape index (κ3) is 3.40. The van der Waals surface area contributed by atoms with E-state index >= 15 is 0 Å². The Morgan fingerprint density at radius 1 is 1.50 bits per heavy atom. The number of rotatable bonds is 4. The number of aromatic nitrogens is 3. The Morgan fingerprint density at radius 3 is 3.00 bits per heavy atom. The van der Waals surface area contributed by atoms with Gasteiger partial charge in [0.2, 0.25) is 0 Å². The molecule has 0 spiro atoms. The molecule has 7 nitrogen and oxygen atoms in total. The minimum Gasteiger partial charge on any atom is -0.380 e. The number of hydrogen-bond donors (Lipinski definition) is 2. The Morgan fingerprint density at radius 2 is 2.32 bits per heavy atom. The average Bonchev–Trinajstić information content (AvgIpc) is 2.82. The predicted octanol–water partition coefficient (Wildman–Crippen LogP) is 0.493. The maximum absolute atomic E-state index is 5.29. The molecule has 1 saturated heterocycles. The minimum absolute atomic E-state index is 0.200. The molecule has 1 atom stereocenters. The standard InChI is InChI=1S/C15H26N6O/c1-4-16-14(17-8-15(3)9-22-10-15)19-12-5-6-13-18-11(2)20-21(13)7-12/h12H,4-10H2,1-3H3,(H2,16,17,19). The number of hydrogen-bond acceptors (Lipinski definition) is 4. The van der Waals surface area contributed by atoms with Crippen molar-refractivity contribution in [2.24, 2.45) is 10.4 Å². The topological polar surface area (TPSA) is 76.4 Å². The van der Waals surface area contributed by atoms with Gasteiger partial charge < -0.3 is 15.4 Å². The van der Waals surface area contributed by atoms with Crippen molar-refractivity contribution in [3.63, 3.8) is 0 Å². The summed E-state index contributed by atoms with van der Waals surface area (Å²) >= 11 is 0. The molecule has 2 aliphatic rings. The monoisotopic (exact) mass is 306 g/mol. The van der Waals surface area contributed by atoms with Crippen LogP contribution in [0.1, 0.15) is 31.9 Å². The van der Waals surface area contributed by atoms with Crippen LogP contribution in [-0.4, -0.2) is 53.1 Å². The van der Waals surface area contributed by atoms with Crippen molar-refractivity contribution in [3.05, 3.63) is 11.6 Å². The molecule has 3 heterocycles. The molecular weight excluding hydrogens is 280 g/mol. The second-order valence-corrected chi connectivity index (χ2v) is 6.64. The van der Waals surface area contributed by atoms with Crippen LogP contribution >= 0.6 is 0 Å². The molecule has 0 aromatic carbocycles. The molecule has 0 amide bonds. The van der Waals surface area contributed by atoms with Crippen LogP contribution in [0.3, 0.4) is 0 Å². The molecule has 2 N–H and O–H groups in total. The van der Waals surface area contributed by atoms with Crippen molar-refractivity contribution in [2.75, 3.05) is 26.3 Å². The minimum atomic E-state index is 0.200. The molecule has 1 aromatic rings. The van der Waals surface area contributed by atoms with Crippen molar-refractivity contribution >= 4 is 5.96 Å². The first kappa shape index (κ1) is 15.3. The fraction of sp³-hybridized carbons (Fsp3) is 0.800. The normalized spacial score (nSPS) is 23.6. The maximum atomic E-state index is 5.29. The van der Waals surface area contributed by atoms with Crippen LogP contribution in [0.5, 0.6) is 0 Å². The van der Waals surface area contributed by atoms with Crippen molar-refractivity contribution in [2.45, 2.75) is 46.2 Å². The number of fused-ring (bicyclic) bond motifs is 1. The number of guanidine groups is 1. The van der Waals surface area contributed by atoms with Crippen LogP contribution in [0, 0.1) is 12.3 Å². The van der Waals surface area contributed by atoms with E-state index in [0.29, 0.717) is 6.04 Å². The number of ether oxygens (including phenoxy) is 1. The van der Waals surface area contributed by atoms with Crippen LogP contribution in [-0.2, 0) is 17.7 Å². The summed E-state index contributed by atoms with van der Waals surface area (Å²) < 4.78 is 7.31. The largest absolute Gasteiger partial charge is 0.380 e. The Bertz CT molecular complexity index is 548. The first-order valence-corrected chi connectivity index (χ1v) is 8.11. The van der Waals surface area contributed by atoms with Gasteiger partial charge in [0.25, 0.3) is 0 Å². The van der Waals surface area contributed by atoms with E-state index in [1.165, 1.54) is 0 Å². The van der Waals surface area contributed by atoms with Gasteiger partial charge in [-0.2, -0.15) is 5.10 Å². The van der Waals surface area contributed by atoms with Crippen molar-refractivity contribution in [3.8, 4) is 0 Å². The maximum Gasteiger partial charge on any atom is 0.191 e. The molecule has 0 radical (unpaired) electrons. The highest BCUT2D eigenvalue weighted by Gasteiger charge is 2.33. The highest BCUT2D eigenvalue weighted by Crippen LogP contribution is 2.26. The summed E-state index contributed by atoms with van der Waals surface area (Å²) in [5, 5.41) is 11.3. The van der Waals surface area contributed by atoms with Crippen LogP contribution in [0.2, 0.25) is 0 Å². The van der Waals surface area contributed by atoms with Crippen LogP contribution in [0.25, 0.3) is 0 Å². The highest BCUT2D eigenvalue weighted by molar-refractivity contribution is 5.80. The third-order valence-electron chi connectivity index (χ3n) is 4.17. The summed E-state index contributed by atoms with van der Waals surface area (Å²) in [4.78, 5) is 9.18. The number of aliphatic imine (C=N–C) groups is 1. The third-order valence-corrected chi connectivity index (χ3v) is 4.17. The van der Waals surface area contributed by atoms with Gasteiger partial charge in [-0.25, -0.2) is 9.67 Å². The second kappa shape index (κ2) is 6.24. The molecule has 1 unspecified atom stereocenters. The van der Waals surface area contributed by atoms with Crippen LogP contribution < -0.4 is 10.6 Å². The summed E-state index contributed by atoms with van der Waals surface area (Å²) in [7, 11) is 0. The van der Waals surface area contributed by atoms with E-state index in [0.717, 1.165) is 63.3 Å². The Balaban J connectivity index is 1.60. The molecule has 1 fully saturated rings. The van der Waals surface area contributed by atoms with E-state index < -0.39 is 0 Å². The fourth-order valence-electron chi connectivity index (χ4n) is 2.88. The quantitative estimate of drug-likeness (QED) is 0.625. The molecule has 2 aliphatic heterocycles. The van der Waals surface area contributed by atoms with E-state index in [4.69, 9.17) is 9.73 Å². The van der Waals surface area contributed by atoms with Gasteiger partial charge in [-0.15, -0.1) is 0 Å². The zero-order chi connectivity index (χ0) is 15.6. The van der Waals surface area contributed by atoms with E-state index in [2.05, 4.69) is 34.6 Å². The number of nitrogens with one attached hydrogen (secondary N) is 2. The number of aryl methyl sites for hydroxylation is 2. The predicted molar refractivity (Wildman–Crippen MR) is 84.9 cm³/mol. The lowest BCUT2D eigenvalue weighted by molar-refractivity contribution is -0.0945. The lowest BCUT2D eigenvalue weighted by Crippen LogP contribution is -2.48. The van der Waals surface area contributed by atoms with Crippen LogP contribution in [0.4, 0.5) is 0 Å². The smallest absolute Gasteiger partial charge is 0.191 e. The lowest BCUT2D eigenvalue weighted by atomic mass is 9.89. The summed E-state index contributed by atoms with van der Waals surface area (Å²) in [5.74, 6) is 2.84. The molecule has 3 rings (SSSR count). The first-order chi connectivity index (χ1) is 10.6. The van der Waals surface area contributed by atoms with Gasteiger partial charge in [0.15, 0.2) is 5.96 Å².